The minimum absolute atomic E-state index is 0.0416. The molecule has 2 amide bonds. The van der Waals surface area contributed by atoms with Gasteiger partial charge in [0, 0.05) is 25.0 Å². The zero-order chi connectivity index (χ0) is 14.4. The number of aliphatic hydroxyl groups is 1. The summed E-state index contributed by atoms with van der Waals surface area (Å²) in [4.78, 5) is 13.5. The fourth-order valence-corrected chi connectivity index (χ4v) is 1.88. The highest BCUT2D eigenvalue weighted by atomic mass is 16.3. The molecule has 6 nitrogen and oxygen atoms in total. The van der Waals surface area contributed by atoms with Crippen molar-refractivity contribution in [3.63, 3.8) is 0 Å². The zero-order valence-electron chi connectivity index (χ0n) is 11.3. The van der Waals surface area contributed by atoms with Crippen LogP contribution in [0.1, 0.15) is 6.92 Å². The van der Waals surface area contributed by atoms with Gasteiger partial charge in [-0.1, -0.05) is 12.1 Å². The van der Waals surface area contributed by atoms with Crippen molar-refractivity contribution in [2.75, 3.05) is 25.0 Å². The summed E-state index contributed by atoms with van der Waals surface area (Å²) in [6.45, 7) is 2.71. The average molecular weight is 274 g/mol. The van der Waals surface area contributed by atoms with Crippen LogP contribution in [0.5, 0.6) is 0 Å². The van der Waals surface area contributed by atoms with Crippen LogP contribution in [0.2, 0.25) is 0 Å². The first kappa shape index (κ1) is 14.1. The summed E-state index contributed by atoms with van der Waals surface area (Å²) in [6, 6.07) is 9.16. The largest absolute Gasteiger partial charge is 0.395 e. The molecule has 0 atom stereocenters. The number of aliphatic hydroxyl groups excluding tert-OH is 1. The van der Waals surface area contributed by atoms with Gasteiger partial charge >= 0.3 is 6.03 Å². The molecule has 1 heterocycles. The second-order valence-electron chi connectivity index (χ2n) is 4.28. The van der Waals surface area contributed by atoms with E-state index >= 15 is 0 Å². The standard InChI is InChI=1S/C14H18N4O2/c1-2-18(9-10-19)14(20)16-12-5-3-11(4-6-12)13-7-8-15-17-13/h3-8,19H,2,9-10H2,1H3,(H,15,17)(H,16,20). The number of H-pyrrole nitrogens is 1. The second kappa shape index (κ2) is 6.72. The lowest BCUT2D eigenvalue weighted by Gasteiger charge is -2.20. The number of rotatable bonds is 5. The number of likely N-dealkylation sites (N-methyl/N-ethyl adjacent to an activating group) is 1. The maximum atomic E-state index is 11.9. The molecule has 0 aliphatic carbocycles. The Morgan fingerprint density at radius 1 is 1.35 bits per heavy atom. The van der Waals surface area contributed by atoms with E-state index in [4.69, 9.17) is 5.11 Å². The molecule has 1 aromatic heterocycles. The Labute approximate surface area is 117 Å². The number of aromatic nitrogens is 2. The summed E-state index contributed by atoms with van der Waals surface area (Å²) in [5.41, 5.74) is 2.65. The summed E-state index contributed by atoms with van der Waals surface area (Å²) < 4.78 is 0. The first-order chi connectivity index (χ1) is 9.74. The van der Waals surface area contributed by atoms with Crippen LogP contribution < -0.4 is 5.32 Å². The summed E-state index contributed by atoms with van der Waals surface area (Å²) in [6.07, 6.45) is 1.69. The van der Waals surface area contributed by atoms with Gasteiger partial charge in [-0.05, 0) is 30.7 Å². The van der Waals surface area contributed by atoms with Gasteiger partial charge in [-0.15, -0.1) is 0 Å². The number of hydrogen-bond acceptors (Lipinski definition) is 3. The number of amides is 2. The third-order valence-corrected chi connectivity index (χ3v) is 2.99. The second-order valence-corrected chi connectivity index (χ2v) is 4.28. The summed E-state index contributed by atoms with van der Waals surface area (Å²) >= 11 is 0. The minimum atomic E-state index is -0.212. The SMILES string of the molecule is CCN(CCO)C(=O)Nc1ccc(-c2ccn[nH]2)cc1. The molecule has 0 unspecified atom stereocenters. The number of anilines is 1. The number of nitrogens with zero attached hydrogens (tertiary/aromatic N) is 2. The average Bonchev–Trinajstić information content (AvgIpc) is 2.99. The smallest absolute Gasteiger partial charge is 0.321 e. The molecule has 20 heavy (non-hydrogen) atoms. The van der Waals surface area contributed by atoms with Crippen molar-refractivity contribution in [1.29, 1.82) is 0 Å². The normalized spacial score (nSPS) is 10.3. The lowest BCUT2D eigenvalue weighted by atomic mass is 10.1. The first-order valence-electron chi connectivity index (χ1n) is 6.51. The Morgan fingerprint density at radius 2 is 2.10 bits per heavy atom. The molecule has 0 saturated carbocycles. The quantitative estimate of drug-likeness (QED) is 0.779. The molecule has 1 aromatic carbocycles. The molecule has 6 heteroatoms. The van der Waals surface area contributed by atoms with Gasteiger partial charge in [0.2, 0.25) is 0 Å². The van der Waals surface area contributed by atoms with Crippen LogP contribution in [0.4, 0.5) is 10.5 Å². The van der Waals surface area contributed by atoms with Crippen molar-refractivity contribution in [2.45, 2.75) is 6.92 Å². The topological polar surface area (TPSA) is 81.2 Å². The molecular formula is C14H18N4O2. The number of carbonyl (C=O) groups excluding carboxylic acids is 1. The van der Waals surface area contributed by atoms with Crippen LogP contribution in [-0.4, -0.2) is 45.9 Å². The fourth-order valence-electron chi connectivity index (χ4n) is 1.88. The Balaban J connectivity index is 2.02. The van der Waals surface area contributed by atoms with E-state index < -0.39 is 0 Å². The van der Waals surface area contributed by atoms with Crippen LogP contribution in [-0.2, 0) is 0 Å². The molecule has 2 rings (SSSR count). The number of aromatic amines is 1. The molecule has 0 aliphatic heterocycles. The zero-order valence-corrected chi connectivity index (χ0v) is 11.3. The van der Waals surface area contributed by atoms with Crippen LogP contribution >= 0.6 is 0 Å². The van der Waals surface area contributed by atoms with Crippen molar-refractivity contribution in [1.82, 2.24) is 15.1 Å². The molecule has 0 spiro atoms. The van der Waals surface area contributed by atoms with Crippen LogP contribution in [0.3, 0.4) is 0 Å². The number of hydrogen-bond donors (Lipinski definition) is 3. The van der Waals surface area contributed by atoms with Crippen LogP contribution in [0.25, 0.3) is 11.3 Å². The molecule has 0 radical (unpaired) electrons. The molecule has 0 fully saturated rings. The highest BCUT2D eigenvalue weighted by molar-refractivity contribution is 5.89. The maximum absolute atomic E-state index is 11.9. The first-order valence-corrected chi connectivity index (χ1v) is 6.51. The molecule has 2 aromatic rings. The predicted octanol–water partition coefficient (Wildman–Crippen LogP) is 1.92. The van der Waals surface area contributed by atoms with Crippen molar-refractivity contribution in [3.05, 3.63) is 36.5 Å². The van der Waals surface area contributed by atoms with Gasteiger partial charge < -0.3 is 15.3 Å². The third-order valence-electron chi connectivity index (χ3n) is 2.99. The van der Waals surface area contributed by atoms with E-state index in [0.29, 0.717) is 13.1 Å². The number of benzene rings is 1. The maximum Gasteiger partial charge on any atom is 0.321 e. The number of urea groups is 1. The van der Waals surface area contributed by atoms with Crippen molar-refractivity contribution in [2.24, 2.45) is 0 Å². The van der Waals surface area contributed by atoms with Gasteiger partial charge in [-0.2, -0.15) is 5.10 Å². The Morgan fingerprint density at radius 3 is 2.65 bits per heavy atom. The van der Waals surface area contributed by atoms with Crippen LogP contribution in [0.15, 0.2) is 36.5 Å². The Bertz CT molecular complexity index is 537. The summed E-state index contributed by atoms with van der Waals surface area (Å²) in [5.74, 6) is 0. The van der Waals surface area contributed by atoms with Gasteiger partial charge in [0.25, 0.3) is 0 Å². The number of nitrogens with one attached hydrogen (secondary N) is 2. The molecular weight excluding hydrogens is 256 g/mol. The lowest BCUT2D eigenvalue weighted by Crippen LogP contribution is -2.36. The highest BCUT2D eigenvalue weighted by Gasteiger charge is 2.10. The lowest BCUT2D eigenvalue weighted by molar-refractivity contribution is 0.192. The monoisotopic (exact) mass is 274 g/mol. The van der Waals surface area contributed by atoms with Crippen molar-refractivity contribution >= 4 is 11.7 Å². The number of carbonyl (C=O) groups is 1. The third kappa shape index (κ3) is 3.36. The molecule has 0 bridgehead atoms. The van der Waals surface area contributed by atoms with Crippen molar-refractivity contribution < 1.29 is 9.90 Å². The predicted molar refractivity (Wildman–Crippen MR) is 77.4 cm³/mol. The Hall–Kier alpha value is -2.34. The van der Waals surface area contributed by atoms with Crippen LogP contribution in [0, 0.1) is 0 Å². The molecule has 0 aliphatic rings. The molecule has 3 N–H and O–H groups in total. The van der Waals surface area contributed by atoms with E-state index in [9.17, 15) is 4.79 Å². The summed E-state index contributed by atoms with van der Waals surface area (Å²) in [7, 11) is 0. The van der Waals surface area contributed by atoms with Gasteiger partial charge in [0.15, 0.2) is 0 Å². The molecule has 106 valence electrons. The Kier molecular flexibility index (Phi) is 4.73. The van der Waals surface area contributed by atoms with Gasteiger partial charge in [-0.25, -0.2) is 4.79 Å². The van der Waals surface area contributed by atoms with Crippen molar-refractivity contribution in [3.8, 4) is 11.3 Å². The highest BCUT2D eigenvalue weighted by Crippen LogP contribution is 2.19. The van der Waals surface area contributed by atoms with E-state index in [0.717, 1.165) is 16.9 Å². The van der Waals surface area contributed by atoms with Gasteiger partial charge in [0.1, 0.15) is 0 Å². The van der Waals surface area contributed by atoms with E-state index in [2.05, 4.69) is 15.5 Å². The van der Waals surface area contributed by atoms with E-state index in [-0.39, 0.29) is 12.6 Å². The van der Waals surface area contributed by atoms with Gasteiger partial charge in [0.05, 0.1) is 12.3 Å². The molecule has 0 saturated heterocycles. The van der Waals surface area contributed by atoms with E-state index in [1.165, 1.54) is 0 Å². The van der Waals surface area contributed by atoms with E-state index in [1.54, 1.807) is 11.1 Å². The van der Waals surface area contributed by atoms with Gasteiger partial charge in [-0.3, -0.25) is 5.10 Å². The van der Waals surface area contributed by atoms with E-state index in [1.807, 2.05) is 37.3 Å². The fraction of sp³-hybridized carbons (Fsp3) is 0.286. The minimum Gasteiger partial charge on any atom is -0.395 e. The summed E-state index contributed by atoms with van der Waals surface area (Å²) in [5, 5.41) is 18.5.